The van der Waals surface area contributed by atoms with Crippen molar-refractivity contribution in [2.45, 2.75) is 0 Å². The van der Waals surface area contributed by atoms with Crippen molar-refractivity contribution in [2.75, 3.05) is 11.4 Å². The number of amidine groups is 1. The number of rotatable bonds is 3. The fraction of sp³-hybridized carbons (Fsp3) is 0.0556. The highest BCUT2D eigenvalue weighted by atomic mass is 32.1. The zero-order chi connectivity index (χ0) is 17.4. The molecule has 0 bridgehead atoms. The lowest BCUT2D eigenvalue weighted by atomic mass is 10.2. The highest BCUT2D eigenvalue weighted by Crippen LogP contribution is 2.35. The van der Waals surface area contributed by atoms with Crippen LogP contribution in [0, 0.1) is 16.7 Å². The van der Waals surface area contributed by atoms with Crippen molar-refractivity contribution < 1.29 is 5.11 Å². The zero-order valence-corrected chi connectivity index (χ0v) is 14.6. The Labute approximate surface area is 152 Å². The lowest BCUT2D eigenvalue weighted by molar-refractivity contribution is 0.411. The molecule has 4 rings (SSSR count). The number of aliphatic hydroxyl groups is 1. The zero-order valence-electron chi connectivity index (χ0n) is 12.9. The molecule has 1 aromatic carbocycles. The molecule has 0 aliphatic carbocycles. The average molecular weight is 364 g/mol. The van der Waals surface area contributed by atoms with Crippen LogP contribution in [0.4, 0.5) is 5.69 Å². The number of anilines is 1. The SMILES string of the molecule is N#Cc1ccc(N2CC(O)=C(c3nc(-c4cccs4)cs3)C2=N)cc1. The summed E-state index contributed by atoms with van der Waals surface area (Å²) in [6, 6.07) is 13.0. The molecular weight excluding hydrogens is 352 g/mol. The molecular formula is C18H12N4OS2. The molecule has 25 heavy (non-hydrogen) atoms. The molecule has 0 fully saturated rings. The van der Waals surface area contributed by atoms with E-state index in [0.717, 1.165) is 16.3 Å². The first kappa shape index (κ1) is 15.6. The van der Waals surface area contributed by atoms with Crippen LogP contribution >= 0.6 is 22.7 Å². The van der Waals surface area contributed by atoms with Gasteiger partial charge in [0.15, 0.2) is 0 Å². The Morgan fingerprint density at radius 3 is 2.68 bits per heavy atom. The third-order valence-electron chi connectivity index (χ3n) is 3.90. The number of nitrogens with one attached hydrogen (secondary N) is 1. The summed E-state index contributed by atoms with van der Waals surface area (Å²) < 4.78 is 0. The number of hydrogen-bond donors (Lipinski definition) is 2. The van der Waals surface area contributed by atoms with Gasteiger partial charge in [-0.15, -0.1) is 22.7 Å². The first-order valence-electron chi connectivity index (χ1n) is 7.46. The highest BCUT2D eigenvalue weighted by Gasteiger charge is 2.31. The number of thiophene rings is 1. The fourth-order valence-electron chi connectivity index (χ4n) is 2.67. The van der Waals surface area contributed by atoms with Crippen molar-refractivity contribution in [1.29, 1.82) is 10.7 Å². The molecule has 2 N–H and O–H groups in total. The van der Waals surface area contributed by atoms with E-state index in [2.05, 4.69) is 11.1 Å². The van der Waals surface area contributed by atoms with Crippen LogP contribution in [-0.4, -0.2) is 22.5 Å². The summed E-state index contributed by atoms with van der Waals surface area (Å²) in [6.45, 7) is 0.230. The van der Waals surface area contributed by atoms with Crippen LogP contribution in [0.5, 0.6) is 0 Å². The third-order valence-corrected chi connectivity index (χ3v) is 5.66. The van der Waals surface area contributed by atoms with Gasteiger partial charge in [-0.2, -0.15) is 5.26 Å². The summed E-state index contributed by atoms with van der Waals surface area (Å²) in [5, 5.41) is 32.3. The Balaban J connectivity index is 1.64. The van der Waals surface area contributed by atoms with Crippen molar-refractivity contribution in [3.8, 4) is 16.6 Å². The summed E-state index contributed by atoms with van der Waals surface area (Å²) in [4.78, 5) is 7.36. The Morgan fingerprint density at radius 2 is 2.00 bits per heavy atom. The van der Waals surface area contributed by atoms with Crippen molar-refractivity contribution >= 4 is 39.8 Å². The number of hydrogen-bond acceptors (Lipinski definition) is 6. The standard InChI is InChI=1S/C18H12N4OS2/c19-8-11-3-5-12(6-4-11)22-9-14(23)16(17(22)20)18-21-13(10-25-18)15-2-1-7-24-15/h1-7,10,20,23H,9H2. The van der Waals surface area contributed by atoms with Crippen LogP contribution < -0.4 is 4.90 Å². The molecule has 0 amide bonds. The number of aliphatic hydroxyl groups excluding tert-OH is 1. The van der Waals surface area contributed by atoms with E-state index in [9.17, 15) is 5.11 Å². The van der Waals surface area contributed by atoms with Gasteiger partial charge < -0.3 is 10.0 Å². The fourth-order valence-corrected chi connectivity index (χ4v) is 4.31. The van der Waals surface area contributed by atoms with Gasteiger partial charge in [-0.05, 0) is 35.7 Å². The van der Waals surface area contributed by atoms with Crippen molar-refractivity contribution in [2.24, 2.45) is 0 Å². The Bertz CT molecular complexity index is 1010. The summed E-state index contributed by atoms with van der Waals surface area (Å²) in [6.07, 6.45) is 0. The minimum Gasteiger partial charge on any atom is -0.510 e. The van der Waals surface area contributed by atoms with Crippen molar-refractivity contribution in [3.05, 3.63) is 63.5 Å². The molecule has 1 aliphatic rings. The summed E-state index contributed by atoms with van der Waals surface area (Å²) in [5.41, 5.74) is 2.66. The molecule has 7 heteroatoms. The Morgan fingerprint density at radius 1 is 1.20 bits per heavy atom. The van der Waals surface area contributed by atoms with Gasteiger partial charge in [0.1, 0.15) is 16.6 Å². The second kappa shape index (κ2) is 6.16. The Hall–Kier alpha value is -2.95. The van der Waals surface area contributed by atoms with Crippen LogP contribution in [-0.2, 0) is 0 Å². The van der Waals surface area contributed by atoms with E-state index >= 15 is 0 Å². The molecule has 0 saturated heterocycles. The summed E-state index contributed by atoms with van der Waals surface area (Å²) in [7, 11) is 0. The largest absolute Gasteiger partial charge is 0.510 e. The first-order valence-corrected chi connectivity index (χ1v) is 9.22. The second-order valence-electron chi connectivity index (χ2n) is 5.43. The number of aromatic nitrogens is 1. The van der Waals surface area contributed by atoms with Gasteiger partial charge in [-0.25, -0.2) is 4.98 Å². The first-order chi connectivity index (χ1) is 12.2. The van der Waals surface area contributed by atoms with Gasteiger partial charge in [0.25, 0.3) is 0 Å². The van der Waals surface area contributed by atoms with E-state index in [1.54, 1.807) is 40.5 Å². The molecule has 122 valence electrons. The predicted molar refractivity (Wildman–Crippen MR) is 101 cm³/mol. The molecule has 2 aromatic heterocycles. The maximum absolute atomic E-state index is 10.4. The molecule has 3 aromatic rings. The molecule has 0 radical (unpaired) electrons. The molecule has 3 heterocycles. The molecule has 5 nitrogen and oxygen atoms in total. The normalized spacial score (nSPS) is 14.2. The average Bonchev–Trinajstić information content (AvgIpc) is 3.35. The van der Waals surface area contributed by atoms with Crippen LogP contribution in [0.1, 0.15) is 10.6 Å². The minimum absolute atomic E-state index is 0.140. The van der Waals surface area contributed by atoms with E-state index in [-0.39, 0.29) is 18.1 Å². The van der Waals surface area contributed by atoms with Crippen LogP contribution in [0.15, 0.2) is 52.9 Å². The molecule has 1 aliphatic heterocycles. The van der Waals surface area contributed by atoms with Crippen molar-refractivity contribution in [3.63, 3.8) is 0 Å². The number of nitrogens with zero attached hydrogens (tertiary/aromatic N) is 3. The number of nitriles is 1. The van der Waals surface area contributed by atoms with Gasteiger partial charge >= 0.3 is 0 Å². The van der Waals surface area contributed by atoms with E-state index in [1.807, 2.05) is 22.9 Å². The van der Waals surface area contributed by atoms with Gasteiger partial charge in [0.2, 0.25) is 0 Å². The number of benzene rings is 1. The smallest absolute Gasteiger partial charge is 0.139 e. The van der Waals surface area contributed by atoms with Crippen LogP contribution in [0.3, 0.4) is 0 Å². The summed E-state index contributed by atoms with van der Waals surface area (Å²) >= 11 is 3.03. The van der Waals surface area contributed by atoms with Crippen LogP contribution in [0.25, 0.3) is 16.1 Å². The molecule has 0 saturated carbocycles. The van der Waals surface area contributed by atoms with Gasteiger partial charge in [-0.3, -0.25) is 5.41 Å². The minimum atomic E-state index is 0.140. The molecule has 0 unspecified atom stereocenters. The maximum Gasteiger partial charge on any atom is 0.139 e. The Kier molecular flexibility index (Phi) is 3.84. The van der Waals surface area contributed by atoms with E-state index < -0.39 is 0 Å². The summed E-state index contributed by atoms with van der Waals surface area (Å²) in [5.74, 6) is 0.357. The van der Waals surface area contributed by atoms with Crippen molar-refractivity contribution in [1.82, 2.24) is 4.98 Å². The second-order valence-corrected chi connectivity index (χ2v) is 7.24. The van der Waals surface area contributed by atoms with E-state index in [0.29, 0.717) is 16.1 Å². The van der Waals surface area contributed by atoms with Gasteiger partial charge in [0.05, 0.1) is 34.3 Å². The molecule has 0 spiro atoms. The van der Waals surface area contributed by atoms with E-state index in [1.165, 1.54) is 11.3 Å². The predicted octanol–water partition coefficient (Wildman–Crippen LogP) is 4.51. The molecule has 0 atom stereocenters. The lowest BCUT2D eigenvalue weighted by Crippen LogP contribution is -2.25. The maximum atomic E-state index is 10.4. The van der Waals surface area contributed by atoms with Gasteiger partial charge in [-0.1, -0.05) is 6.07 Å². The quantitative estimate of drug-likeness (QED) is 0.716. The monoisotopic (exact) mass is 364 g/mol. The van der Waals surface area contributed by atoms with Gasteiger partial charge in [0, 0.05) is 11.1 Å². The lowest BCUT2D eigenvalue weighted by Gasteiger charge is -2.18. The van der Waals surface area contributed by atoms with E-state index in [4.69, 9.17) is 10.7 Å². The highest BCUT2D eigenvalue weighted by molar-refractivity contribution is 7.14. The number of thiazole rings is 1. The topological polar surface area (TPSA) is 84.0 Å². The van der Waals surface area contributed by atoms with Crippen LogP contribution in [0.2, 0.25) is 0 Å². The third kappa shape index (κ3) is 2.71.